The Morgan fingerprint density at radius 1 is 1.37 bits per heavy atom. The average molecular weight is 329 g/mol. The van der Waals surface area contributed by atoms with Gasteiger partial charge in [-0.15, -0.1) is 0 Å². The Morgan fingerprint density at radius 3 is 2.79 bits per heavy atom. The van der Waals surface area contributed by atoms with Crippen molar-refractivity contribution in [3.8, 4) is 11.5 Å². The summed E-state index contributed by atoms with van der Waals surface area (Å²) in [4.78, 5) is 2.44. The third-order valence-electron chi connectivity index (χ3n) is 3.42. The molecule has 106 valence electrons. The maximum absolute atomic E-state index is 5.48. The van der Waals surface area contributed by atoms with Crippen molar-refractivity contribution in [1.29, 1.82) is 0 Å². The first-order valence-corrected chi connectivity index (χ1v) is 7.29. The summed E-state index contributed by atoms with van der Waals surface area (Å²) in [5.74, 6) is 1.68. The molecule has 0 unspecified atom stereocenters. The van der Waals surface area contributed by atoms with Gasteiger partial charge in [0.25, 0.3) is 0 Å². The molecule has 4 nitrogen and oxygen atoms in total. The van der Waals surface area contributed by atoms with Crippen LogP contribution in [0.1, 0.15) is 12.5 Å². The molecule has 1 aliphatic heterocycles. The highest BCUT2D eigenvalue weighted by molar-refractivity contribution is 9.10. The molecule has 19 heavy (non-hydrogen) atoms. The van der Waals surface area contributed by atoms with Crippen molar-refractivity contribution in [3.05, 3.63) is 22.2 Å². The SMILES string of the molecule is COc1cc(Br)c(CN2CCN[C@H](C)C2)c(OC)c1. The fourth-order valence-corrected chi connectivity index (χ4v) is 2.97. The average Bonchev–Trinajstić information content (AvgIpc) is 2.40. The molecule has 0 saturated carbocycles. The van der Waals surface area contributed by atoms with Crippen LogP contribution in [0.3, 0.4) is 0 Å². The van der Waals surface area contributed by atoms with E-state index < -0.39 is 0 Å². The van der Waals surface area contributed by atoms with Crippen LogP contribution in [0, 0.1) is 0 Å². The summed E-state index contributed by atoms with van der Waals surface area (Å²) in [5, 5.41) is 3.45. The summed E-state index contributed by atoms with van der Waals surface area (Å²) in [6, 6.07) is 4.46. The Hall–Kier alpha value is -0.780. The first-order valence-electron chi connectivity index (χ1n) is 6.50. The van der Waals surface area contributed by atoms with Crippen molar-refractivity contribution >= 4 is 15.9 Å². The third-order valence-corrected chi connectivity index (χ3v) is 4.13. The minimum Gasteiger partial charge on any atom is -0.497 e. The van der Waals surface area contributed by atoms with Gasteiger partial charge in [0, 0.05) is 48.3 Å². The first-order chi connectivity index (χ1) is 9.13. The van der Waals surface area contributed by atoms with Crippen LogP contribution in [-0.4, -0.2) is 44.8 Å². The van der Waals surface area contributed by atoms with Crippen molar-refractivity contribution in [1.82, 2.24) is 10.2 Å². The highest BCUT2D eigenvalue weighted by Gasteiger charge is 2.19. The van der Waals surface area contributed by atoms with Crippen LogP contribution in [0.15, 0.2) is 16.6 Å². The van der Waals surface area contributed by atoms with Crippen molar-refractivity contribution in [3.63, 3.8) is 0 Å². The van der Waals surface area contributed by atoms with Gasteiger partial charge in [0.15, 0.2) is 0 Å². The van der Waals surface area contributed by atoms with Crippen molar-refractivity contribution in [2.75, 3.05) is 33.9 Å². The van der Waals surface area contributed by atoms with E-state index in [1.54, 1.807) is 14.2 Å². The van der Waals surface area contributed by atoms with Crippen LogP contribution >= 0.6 is 15.9 Å². The molecule has 0 radical (unpaired) electrons. The summed E-state index contributed by atoms with van der Waals surface area (Å²) < 4.78 is 11.8. The molecule has 1 aromatic rings. The number of benzene rings is 1. The van der Waals surface area contributed by atoms with Crippen LogP contribution in [0.2, 0.25) is 0 Å². The molecule has 1 saturated heterocycles. The normalized spacial score (nSPS) is 20.3. The molecule has 1 N–H and O–H groups in total. The van der Waals surface area contributed by atoms with E-state index in [0.717, 1.165) is 42.2 Å². The minimum atomic E-state index is 0.539. The van der Waals surface area contributed by atoms with Crippen molar-refractivity contribution in [2.24, 2.45) is 0 Å². The van der Waals surface area contributed by atoms with E-state index in [4.69, 9.17) is 9.47 Å². The van der Waals surface area contributed by atoms with Crippen LogP contribution < -0.4 is 14.8 Å². The number of piperazine rings is 1. The number of nitrogens with one attached hydrogen (secondary N) is 1. The lowest BCUT2D eigenvalue weighted by Crippen LogP contribution is -2.48. The van der Waals surface area contributed by atoms with E-state index in [2.05, 4.69) is 33.1 Å². The van der Waals surface area contributed by atoms with Crippen LogP contribution in [0.5, 0.6) is 11.5 Å². The second kappa shape index (κ2) is 6.59. The molecule has 5 heteroatoms. The van der Waals surface area contributed by atoms with Crippen LogP contribution in [0.25, 0.3) is 0 Å². The van der Waals surface area contributed by atoms with E-state index in [1.807, 2.05) is 12.1 Å². The quantitative estimate of drug-likeness (QED) is 0.919. The number of ether oxygens (including phenoxy) is 2. The molecule has 1 fully saturated rings. The zero-order valence-electron chi connectivity index (χ0n) is 11.7. The number of halogens is 1. The summed E-state index contributed by atoms with van der Waals surface area (Å²) >= 11 is 3.62. The lowest BCUT2D eigenvalue weighted by molar-refractivity contribution is 0.197. The Bertz CT molecular complexity index is 440. The number of nitrogens with zero attached hydrogens (tertiary/aromatic N) is 1. The molecule has 1 aromatic carbocycles. The van der Waals surface area contributed by atoms with Crippen molar-refractivity contribution < 1.29 is 9.47 Å². The van der Waals surface area contributed by atoms with Gasteiger partial charge >= 0.3 is 0 Å². The van der Waals surface area contributed by atoms with E-state index in [1.165, 1.54) is 5.56 Å². The molecule has 0 amide bonds. The molecule has 1 heterocycles. The Labute approximate surface area is 123 Å². The number of hydrogen-bond acceptors (Lipinski definition) is 4. The molecule has 2 rings (SSSR count). The van der Waals surface area contributed by atoms with E-state index >= 15 is 0 Å². The Kier molecular flexibility index (Phi) is 5.07. The van der Waals surface area contributed by atoms with E-state index in [9.17, 15) is 0 Å². The largest absolute Gasteiger partial charge is 0.497 e. The highest BCUT2D eigenvalue weighted by Crippen LogP contribution is 2.33. The second-order valence-corrected chi connectivity index (χ2v) is 5.73. The van der Waals surface area contributed by atoms with Gasteiger partial charge in [0.05, 0.1) is 14.2 Å². The van der Waals surface area contributed by atoms with Gasteiger partial charge in [-0.1, -0.05) is 15.9 Å². The Morgan fingerprint density at radius 2 is 2.16 bits per heavy atom. The van der Waals surface area contributed by atoms with Gasteiger partial charge in [-0.25, -0.2) is 0 Å². The third kappa shape index (κ3) is 3.61. The van der Waals surface area contributed by atoms with Gasteiger partial charge in [0.1, 0.15) is 11.5 Å². The summed E-state index contributed by atoms with van der Waals surface area (Å²) in [5.41, 5.74) is 1.18. The topological polar surface area (TPSA) is 33.7 Å². The van der Waals surface area contributed by atoms with E-state index in [0.29, 0.717) is 6.04 Å². The second-order valence-electron chi connectivity index (χ2n) is 4.88. The maximum atomic E-state index is 5.48. The molecular formula is C14H21BrN2O2. The smallest absolute Gasteiger partial charge is 0.128 e. The van der Waals surface area contributed by atoms with Gasteiger partial charge in [0.2, 0.25) is 0 Å². The van der Waals surface area contributed by atoms with E-state index in [-0.39, 0.29) is 0 Å². The Balaban J connectivity index is 2.18. The highest BCUT2D eigenvalue weighted by atomic mass is 79.9. The molecular weight excluding hydrogens is 308 g/mol. The van der Waals surface area contributed by atoms with Crippen LogP contribution in [-0.2, 0) is 6.54 Å². The van der Waals surface area contributed by atoms with Crippen LogP contribution in [0.4, 0.5) is 0 Å². The molecule has 0 bridgehead atoms. The molecule has 0 spiro atoms. The first kappa shape index (κ1) is 14.6. The molecule has 1 aliphatic rings. The fraction of sp³-hybridized carbons (Fsp3) is 0.571. The van der Waals surface area contributed by atoms with Gasteiger partial charge in [-0.2, -0.15) is 0 Å². The molecule has 0 aliphatic carbocycles. The van der Waals surface area contributed by atoms with Gasteiger partial charge < -0.3 is 14.8 Å². The molecule has 0 aromatic heterocycles. The predicted molar refractivity (Wildman–Crippen MR) is 80.0 cm³/mol. The van der Waals surface area contributed by atoms with Crippen molar-refractivity contribution in [2.45, 2.75) is 19.5 Å². The summed E-state index contributed by atoms with van der Waals surface area (Å²) in [6.07, 6.45) is 0. The zero-order valence-corrected chi connectivity index (χ0v) is 13.3. The lowest BCUT2D eigenvalue weighted by atomic mass is 10.1. The zero-order chi connectivity index (χ0) is 13.8. The monoisotopic (exact) mass is 328 g/mol. The van der Waals surface area contributed by atoms with Gasteiger partial charge in [-0.3, -0.25) is 4.90 Å². The number of rotatable bonds is 4. The maximum Gasteiger partial charge on any atom is 0.128 e. The number of hydrogen-bond donors (Lipinski definition) is 1. The summed E-state index contributed by atoms with van der Waals surface area (Å²) in [7, 11) is 3.37. The predicted octanol–water partition coefficient (Wildman–Crippen LogP) is 2.26. The van der Waals surface area contributed by atoms with Gasteiger partial charge in [-0.05, 0) is 13.0 Å². The lowest BCUT2D eigenvalue weighted by Gasteiger charge is -2.32. The summed E-state index contributed by atoms with van der Waals surface area (Å²) in [6.45, 7) is 6.26. The molecule has 1 atom stereocenters. The standard InChI is InChI=1S/C14H21BrN2O2/c1-10-8-17(5-4-16-10)9-12-13(15)6-11(18-2)7-14(12)19-3/h6-7,10,16H,4-5,8-9H2,1-3H3/t10-/m1/s1. The minimum absolute atomic E-state index is 0.539. The number of methoxy groups -OCH3 is 2. The fourth-order valence-electron chi connectivity index (χ4n) is 2.42.